The number of hydrogen-bond donors (Lipinski definition) is 2. The minimum absolute atomic E-state index is 0.000710. The van der Waals surface area contributed by atoms with Crippen LogP contribution in [0.1, 0.15) is 16.7 Å². The van der Waals surface area contributed by atoms with Crippen molar-refractivity contribution in [2.75, 3.05) is 0 Å². The van der Waals surface area contributed by atoms with E-state index in [2.05, 4.69) is 21.1 Å². The number of benzene rings is 1. The van der Waals surface area contributed by atoms with Gasteiger partial charge >= 0.3 is 0 Å². The quantitative estimate of drug-likeness (QED) is 0.385. The molecular weight excluding hydrogens is 282 g/mol. The van der Waals surface area contributed by atoms with Gasteiger partial charge in [0.05, 0.1) is 12.0 Å². The van der Waals surface area contributed by atoms with Crippen molar-refractivity contribution in [3.63, 3.8) is 0 Å². The van der Waals surface area contributed by atoms with Crippen molar-refractivity contribution in [3.05, 3.63) is 33.3 Å². The summed E-state index contributed by atoms with van der Waals surface area (Å²) in [5.74, 6) is 0.000710. The average molecular weight is 292 g/mol. The lowest BCUT2D eigenvalue weighted by molar-refractivity contribution is 0.322. The molecule has 0 aliphatic heterocycles. The van der Waals surface area contributed by atoms with Crippen LogP contribution >= 0.6 is 15.9 Å². The van der Waals surface area contributed by atoms with E-state index in [0.29, 0.717) is 11.1 Å². The summed E-state index contributed by atoms with van der Waals surface area (Å²) >= 11 is 3.30. The van der Waals surface area contributed by atoms with E-state index < -0.39 is 10.7 Å². The number of rotatable bonds is 3. The van der Waals surface area contributed by atoms with Crippen molar-refractivity contribution in [1.82, 2.24) is 0 Å². The summed E-state index contributed by atoms with van der Waals surface area (Å²) < 4.78 is 22.0. The molecular formula is C9H10BrNO3S. The van der Waals surface area contributed by atoms with E-state index in [-0.39, 0.29) is 5.75 Å². The van der Waals surface area contributed by atoms with E-state index in [1.807, 2.05) is 0 Å². The van der Waals surface area contributed by atoms with E-state index in [9.17, 15) is 8.42 Å². The maximum absolute atomic E-state index is 10.6. The molecule has 0 aliphatic rings. The summed E-state index contributed by atoms with van der Waals surface area (Å²) in [6.45, 7) is 1.79. The number of thiol groups is 1. The third-order valence-corrected chi connectivity index (χ3v) is 3.35. The Labute approximate surface area is 97.7 Å². The lowest BCUT2D eigenvalue weighted by Crippen LogP contribution is -1.97. The maximum atomic E-state index is 10.6. The Morgan fingerprint density at radius 1 is 1.53 bits per heavy atom. The minimum Gasteiger partial charge on any atom is -0.411 e. The second-order valence-electron chi connectivity index (χ2n) is 2.98. The van der Waals surface area contributed by atoms with E-state index in [4.69, 9.17) is 5.21 Å². The zero-order chi connectivity index (χ0) is 11.4. The Balaban J connectivity index is 3.27. The average Bonchev–Trinajstić information content (AvgIpc) is 2.16. The second-order valence-corrected chi connectivity index (χ2v) is 4.82. The molecule has 0 saturated heterocycles. The normalized spacial score (nSPS) is 11.4. The molecule has 0 aliphatic carbocycles. The van der Waals surface area contributed by atoms with Crippen LogP contribution in [0.2, 0.25) is 0 Å². The van der Waals surface area contributed by atoms with Crippen LogP contribution in [0, 0.1) is 6.92 Å². The van der Waals surface area contributed by atoms with Crippen molar-refractivity contribution < 1.29 is 13.6 Å². The van der Waals surface area contributed by atoms with Gasteiger partial charge in [-0.25, -0.2) is 8.42 Å². The van der Waals surface area contributed by atoms with Crippen LogP contribution in [-0.2, 0) is 16.5 Å². The molecule has 0 atom stereocenters. The van der Waals surface area contributed by atoms with E-state index in [1.54, 1.807) is 19.1 Å². The largest absolute Gasteiger partial charge is 0.411 e. The molecule has 0 unspecified atom stereocenters. The lowest BCUT2D eigenvalue weighted by Gasteiger charge is -2.07. The van der Waals surface area contributed by atoms with Crippen LogP contribution < -0.4 is 0 Å². The third kappa shape index (κ3) is 3.04. The highest BCUT2D eigenvalue weighted by Crippen LogP contribution is 2.22. The molecule has 0 amide bonds. The van der Waals surface area contributed by atoms with Gasteiger partial charge < -0.3 is 5.21 Å². The summed E-state index contributed by atoms with van der Waals surface area (Å²) in [5, 5.41) is 11.4. The van der Waals surface area contributed by atoms with E-state index >= 15 is 0 Å². The third-order valence-electron chi connectivity index (χ3n) is 2.06. The van der Waals surface area contributed by atoms with Gasteiger partial charge in [-0.2, -0.15) is 0 Å². The number of hydrogen-bond acceptors (Lipinski definition) is 4. The van der Waals surface area contributed by atoms with Crippen molar-refractivity contribution in [3.8, 4) is 0 Å². The van der Waals surface area contributed by atoms with Gasteiger partial charge in [0.25, 0.3) is 0 Å². The standard InChI is InChI=1S/C9H10BrNO3S/c1-6-7(5-15(13)14)2-3-9(10)8(6)4-11-12/h2-4,12,15H,5H2,1H3. The fourth-order valence-corrected chi connectivity index (χ4v) is 2.42. The second kappa shape index (κ2) is 5.27. The van der Waals surface area contributed by atoms with Crippen molar-refractivity contribution in [1.29, 1.82) is 0 Å². The van der Waals surface area contributed by atoms with Gasteiger partial charge in [0.15, 0.2) is 0 Å². The highest BCUT2D eigenvalue weighted by Gasteiger charge is 2.07. The summed E-state index contributed by atoms with van der Waals surface area (Å²) in [6.07, 6.45) is 1.28. The molecule has 0 fully saturated rings. The van der Waals surface area contributed by atoms with Gasteiger partial charge in [-0.15, -0.1) is 0 Å². The van der Waals surface area contributed by atoms with Gasteiger partial charge in [0, 0.05) is 10.0 Å². The van der Waals surface area contributed by atoms with Crippen LogP contribution in [-0.4, -0.2) is 19.8 Å². The molecule has 1 N–H and O–H groups in total. The molecule has 82 valence electrons. The van der Waals surface area contributed by atoms with Crippen molar-refractivity contribution >= 4 is 32.8 Å². The summed E-state index contributed by atoms with van der Waals surface area (Å²) in [7, 11) is -2.45. The van der Waals surface area contributed by atoms with Crippen LogP contribution in [0.3, 0.4) is 0 Å². The zero-order valence-corrected chi connectivity index (χ0v) is 10.5. The molecule has 0 aromatic heterocycles. The van der Waals surface area contributed by atoms with Gasteiger partial charge in [-0.1, -0.05) is 27.2 Å². The molecule has 1 rings (SSSR count). The van der Waals surface area contributed by atoms with Crippen LogP contribution in [0.15, 0.2) is 21.8 Å². The van der Waals surface area contributed by atoms with Gasteiger partial charge in [0.2, 0.25) is 0 Å². The van der Waals surface area contributed by atoms with Gasteiger partial charge in [0.1, 0.15) is 10.7 Å². The first kappa shape index (κ1) is 12.2. The molecule has 1 aromatic rings. The van der Waals surface area contributed by atoms with E-state index in [0.717, 1.165) is 10.0 Å². The minimum atomic E-state index is -2.45. The number of nitrogens with zero attached hydrogens (tertiary/aromatic N) is 1. The fourth-order valence-electron chi connectivity index (χ4n) is 1.27. The van der Waals surface area contributed by atoms with Crippen LogP contribution in [0.5, 0.6) is 0 Å². The number of oxime groups is 1. The summed E-state index contributed by atoms with van der Waals surface area (Å²) in [5.41, 5.74) is 2.19. The first-order valence-corrected chi connectivity index (χ1v) is 6.29. The Hall–Kier alpha value is -0.880. The SMILES string of the molecule is Cc1c(C[SH](=O)=O)ccc(Br)c1C=NO. The summed E-state index contributed by atoms with van der Waals surface area (Å²) in [4.78, 5) is 0. The molecule has 0 heterocycles. The number of halogens is 1. The smallest absolute Gasteiger partial charge is 0.144 e. The Morgan fingerprint density at radius 2 is 2.20 bits per heavy atom. The first-order valence-electron chi connectivity index (χ1n) is 4.13. The highest BCUT2D eigenvalue weighted by atomic mass is 79.9. The predicted octanol–water partition coefficient (Wildman–Crippen LogP) is 1.68. The van der Waals surface area contributed by atoms with E-state index in [1.165, 1.54) is 6.21 Å². The fraction of sp³-hybridized carbons (Fsp3) is 0.222. The molecule has 4 nitrogen and oxygen atoms in total. The Morgan fingerprint density at radius 3 is 2.73 bits per heavy atom. The van der Waals surface area contributed by atoms with Crippen molar-refractivity contribution in [2.24, 2.45) is 5.16 Å². The van der Waals surface area contributed by atoms with Gasteiger partial charge in [-0.3, -0.25) is 0 Å². The molecule has 6 heteroatoms. The molecule has 1 aromatic carbocycles. The predicted molar refractivity (Wildman–Crippen MR) is 62.3 cm³/mol. The molecule has 0 saturated carbocycles. The first-order chi connectivity index (χ1) is 7.06. The monoisotopic (exact) mass is 291 g/mol. The van der Waals surface area contributed by atoms with Crippen LogP contribution in [0.4, 0.5) is 0 Å². The maximum Gasteiger partial charge on any atom is 0.144 e. The van der Waals surface area contributed by atoms with Gasteiger partial charge in [-0.05, 0) is 24.1 Å². The lowest BCUT2D eigenvalue weighted by atomic mass is 10.0. The Kier molecular flexibility index (Phi) is 4.28. The highest BCUT2D eigenvalue weighted by molar-refractivity contribution is 9.10. The summed E-state index contributed by atoms with van der Waals surface area (Å²) in [6, 6.07) is 3.47. The molecule has 0 radical (unpaired) electrons. The van der Waals surface area contributed by atoms with Crippen molar-refractivity contribution in [2.45, 2.75) is 12.7 Å². The molecule has 0 spiro atoms. The zero-order valence-electron chi connectivity index (χ0n) is 7.98. The Bertz CT molecular complexity index is 461. The molecule has 0 bridgehead atoms. The molecule has 15 heavy (non-hydrogen) atoms. The topological polar surface area (TPSA) is 66.7 Å². The van der Waals surface area contributed by atoms with Crippen LogP contribution in [0.25, 0.3) is 0 Å².